The van der Waals surface area contributed by atoms with E-state index in [4.69, 9.17) is 10.5 Å². The molecule has 0 unspecified atom stereocenters. The van der Waals surface area contributed by atoms with Crippen LogP contribution in [0.4, 0.5) is 11.4 Å². The maximum Gasteiger partial charge on any atom is 0.100 e. The Morgan fingerprint density at radius 3 is 2.47 bits per heavy atom. The highest BCUT2D eigenvalue weighted by atomic mass is 79.9. The quantitative estimate of drug-likeness (QED) is 0.902. The predicted molar refractivity (Wildman–Crippen MR) is 78.0 cm³/mol. The van der Waals surface area contributed by atoms with Crippen LogP contribution in [0.3, 0.4) is 0 Å². The molecule has 0 aromatic heterocycles. The Kier molecular flexibility index (Phi) is 3.85. The van der Waals surface area contributed by atoms with Gasteiger partial charge in [-0.2, -0.15) is 10.5 Å². The Bertz CT molecular complexity index is 708. The van der Waals surface area contributed by atoms with Gasteiger partial charge in [0.05, 0.1) is 17.2 Å². The van der Waals surface area contributed by atoms with Crippen LogP contribution in [-0.2, 0) is 0 Å². The summed E-state index contributed by atoms with van der Waals surface area (Å²) in [6.07, 6.45) is 0. The van der Waals surface area contributed by atoms with Gasteiger partial charge in [0.1, 0.15) is 6.07 Å². The Morgan fingerprint density at radius 1 is 1.05 bits per heavy atom. The summed E-state index contributed by atoms with van der Waals surface area (Å²) >= 11 is 3.35. The standard InChI is InChI=1S/C15H10BrN3/c1-10-2-3-11(8-17)6-15(10)19-13-5-4-12(9-18)14(16)7-13/h2-7,19H,1H3. The van der Waals surface area contributed by atoms with Crippen molar-refractivity contribution in [3.63, 3.8) is 0 Å². The van der Waals surface area contributed by atoms with Gasteiger partial charge < -0.3 is 5.32 Å². The van der Waals surface area contributed by atoms with Crippen molar-refractivity contribution in [2.24, 2.45) is 0 Å². The summed E-state index contributed by atoms with van der Waals surface area (Å²) in [7, 11) is 0. The number of rotatable bonds is 2. The average molecular weight is 312 g/mol. The highest BCUT2D eigenvalue weighted by Crippen LogP contribution is 2.25. The SMILES string of the molecule is Cc1ccc(C#N)cc1Nc1ccc(C#N)c(Br)c1. The van der Waals surface area contributed by atoms with Crippen LogP contribution in [0.5, 0.6) is 0 Å². The summed E-state index contributed by atoms with van der Waals surface area (Å²) in [4.78, 5) is 0. The lowest BCUT2D eigenvalue weighted by atomic mass is 10.1. The summed E-state index contributed by atoms with van der Waals surface area (Å²) < 4.78 is 0.745. The zero-order valence-electron chi connectivity index (χ0n) is 10.2. The van der Waals surface area contributed by atoms with E-state index < -0.39 is 0 Å². The molecule has 0 saturated heterocycles. The van der Waals surface area contributed by atoms with Crippen molar-refractivity contribution in [3.05, 3.63) is 57.6 Å². The molecule has 0 spiro atoms. The minimum absolute atomic E-state index is 0.591. The Hall–Kier alpha value is -2.30. The summed E-state index contributed by atoms with van der Waals surface area (Å²) in [5.41, 5.74) is 4.01. The summed E-state index contributed by atoms with van der Waals surface area (Å²) in [5, 5.41) is 21.0. The molecule has 1 N–H and O–H groups in total. The predicted octanol–water partition coefficient (Wildman–Crippen LogP) is 4.24. The van der Waals surface area contributed by atoms with Crippen molar-refractivity contribution in [2.75, 3.05) is 5.32 Å². The average Bonchev–Trinajstić information content (AvgIpc) is 2.41. The fourth-order valence-corrected chi connectivity index (χ4v) is 2.13. The second kappa shape index (κ2) is 5.56. The van der Waals surface area contributed by atoms with Gasteiger partial charge >= 0.3 is 0 Å². The molecular formula is C15H10BrN3. The van der Waals surface area contributed by atoms with Gasteiger partial charge in [-0.25, -0.2) is 0 Å². The number of benzene rings is 2. The van der Waals surface area contributed by atoms with Crippen LogP contribution >= 0.6 is 15.9 Å². The largest absolute Gasteiger partial charge is 0.355 e. The summed E-state index contributed by atoms with van der Waals surface area (Å²) in [6, 6.07) is 15.1. The van der Waals surface area contributed by atoms with Gasteiger partial charge in [0.2, 0.25) is 0 Å². The van der Waals surface area contributed by atoms with Gasteiger partial charge in [0, 0.05) is 15.8 Å². The van der Waals surface area contributed by atoms with E-state index in [1.165, 1.54) is 0 Å². The topological polar surface area (TPSA) is 59.6 Å². The number of nitrogens with one attached hydrogen (secondary N) is 1. The van der Waals surface area contributed by atoms with Gasteiger partial charge in [0.15, 0.2) is 0 Å². The molecule has 0 bridgehead atoms. The highest BCUT2D eigenvalue weighted by Gasteiger charge is 2.04. The van der Waals surface area contributed by atoms with Gasteiger partial charge in [-0.1, -0.05) is 6.07 Å². The second-order valence-electron chi connectivity index (χ2n) is 4.07. The Labute approximate surface area is 120 Å². The van der Waals surface area contributed by atoms with Crippen LogP contribution < -0.4 is 5.32 Å². The lowest BCUT2D eigenvalue weighted by Gasteiger charge is -2.10. The molecule has 19 heavy (non-hydrogen) atoms. The zero-order chi connectivity index (χ0) is 13.8. The molecule has 0 aliphatic carbocycles. The highest BCUT2D eigenvalue weighted by molar-refractivity contribution is 9.10. The fraction of sp³-hybridized carbons (Fsp3) is 0.0667. The number of aryl methyl sites for hydroxylation is 1. The smallest absolute Gasteiger partial charge is 0.100 e. The molecule has 0 heterocycles. The van der Waals surface area contributed by atoms with E-state index in [1.807, 2.05) is 25.1 Å². The monoisotopic (exact) mass is 311 g/mol. The second-order valence-corrected chi connectivity index (χ2v) is 4.93. The van der Waals surface area contributed by atoms with Gasteiger partial charge in [-0.05, 0) is 58.7 Å². The maximum atomic E-state index is 8.91. The third kappa shape index (κ3) is 2.93. The van der Waals surface area contributed by atoms with Crippen LogP contribution in [0, 0.1) is 29.6 Å². The number of halogens is 1. The molecule has 0 radical (unpaired) electrons. The summed E-state index contributed by atoms with van der Waals surface area (Å²) in [5.74, 6) is 0. The fourth-order valence-electron chi connectivity index (χ4n) is 1.67. The van der Waals surface area contributed by atoms with Crippen LogP contribution in [0.25, 0.3) is 0 Å². The molecule has 4 heteroatoms. The van der Waals surface area contributed by atoms with Crippen molar-refractivity contribution < 1.29 is 0 Å². The first-order valence-corrected chi connectivity index (χ1v) is 6.41. The normalized spacial score (nSPS) is 9.47. The van der Waals surface area contributed by atoms with Crippen LogP contribution in [0.2, 0.25) is 0 Å². The van der Waals surface area contributed by atoms with Crippen molar-refractivity contribution in [1.29, 1.82) is 10.5 Å². The van der Waals surface area contributed by atoms with Gasteiger partial charge in [0.25, 0.3) is 0 Å². The lowest BCUT2D eigenvalue weighted by Crippen LogP contribution is -1.94. The van der Waals surface area contributed by atoms with Crippen molar-refractivity contribution in [3.8, 4) is 12.1 Å². The van der Waals surface area contributed by atoms with Crippen molar-refractivity contribution in [2.45, 2.75) is 6.92 Å². The molecule has 2 aromatic carbocycles. The molecule has 0 fully saturated rings. The first-order valence-electron chi connectivity index (χ1n) is 5.61. The van der Waals surface area contributed by atoms with E-state index >= 15 is 0 Å². The number of hydrogen-bond donors (Lipinski definition) is 1. The molecular weight excluding hydrogens is 302 g/mol. The van der Waals surface area contributed by atoms with Crippen molar-refractivity contribution >= 4 is 27.3 Å². The van der Waals surface area contributed by atoms with E-state index in [2.05, 4.69) is 33.4 Å². The number of hydrogen-bond acceptors (Lipinski definition) is 3. The van der Waals surface area contributed by atoms with E-state index in [0.29, 0.717) is 11.1 Å². The molecule has 0 aliphatic rings. The zero-order valence-corrected chi connectivity index (χ0v) is 11.8. The molecule has 0 saturated carbocycles. The minimum Gasteiger partial charge on any atom is -0.355 e. The van der Waals surface area contributed by atoms with Crippen LogP contribution in [0.15, 0.2) is 40.9 Å². The number of nitrogens with zero attached hydrogens (tertiary/aromatic N) is 2. The van der Waals surface area contributed by atoms with Gasteiger partial charge in [-0.3, -0.25) is 0 Å². The van der Waals surface area contributed by atoms with Crippen LogP contribution in [-0.4, -0.2) is 0 Å². The van der Waals surface area contributed by atoms with E-state index in [-0.39, 0.29) is 0 Å². The third-order valence-corrected chi connectivity index (χ3v) is 3.39. The number of nitriles is 2. The van der Waals surface area contributed by atoms with E-state index in [0.717, 1.165) is 21.4 Å². The van der Waals surface area contributed by atoms with Crippen LogP contribution in [0.1, 0.15) is 16.7 Å². The molecule has 0 amide bonds. The molecule has 0 atom stereocenters. The molecule has 0 aliphatic heterocycles. The first-order chi connectivity index (χ1) is 9.13. The first kappa shape index (κ1) is 13.1. The Balaban J connectivity index is 2.34. The molecule has 3 nitrogen and oxygen atoms in total. The lowest BCUT2D eigenvalue weighted by molar-refractivity contribution is 1.40. The number of anilines is 2. The third-order valence-electron chi connectivity index (χ3n) is 2.74. The minimum atomic E-state index is 0.591. The van der Waals surface area contributed by atoms with Gasteiger partial charge in [-0.15, -0.1) is 0 Å². The molecule has 2 aromatic rings. The molecule has 2 rings (SSSR count). The van der Waals surface area contributed by atoms with Crippen molar-refractivity contribution in [1.82, 2.24) is 0 Å². The maximum absolute atomic E-state index is 8.91. The Morgan fingerprint density at radius 2 is 1.84 bits per heavy atom. The molecule has 92 valence electrons. The summed E-state index contributed by atoms with van der Waals surface area (Å²) in [6.45, 7) is 1.97. The van der Waals surface area contributed by atoms with E-state index in [1.54, 1.807) is 18.2 Å². The van der Waals surface area contributed by atoms with E-state index in [9.17, 15) is 0 Å².